The Labute approximate surface area is 262 Å². The summed E-state index contributed by atoms with van der Waals surface area (Å²) in [5.41, 5.74) is 4.44. The van der Waals surface area contributed by atoms with Crippen molar-refractivity contribution in [2.24, 2.45) is 0 Å². The van der Waals surface area contributed by atoms with Gasteiger partial charge in [-0.05, 0) is 70.1 Å². The molecule has 5 aromatic rings. The number of hydrogen-bond acceptors (Lipinski definition) is 10. The molecule has 0 saturated carbocycles. The Hall–Kier alpha value is -4.88. The van der Waals surface area contributed by atoms with E-state index >= 15 is 0 Å². The van der Waals surface area contributed by atoms with Crippen molar-refractivity contribution in [2.75, 3.05) is 10.7 Å². The van der Waals surface area contributed by atoms with Crippen LogP contribution in [0, 0.1) is 0 Å². The number of tetrazole rings is 1. The summed E-state index contributed by atoms with van der Waals surface area (Å²) in [4.78, 5) is 27.2. The smallest absolute Gasteiger partial charge is 0.266 e. The van der Waals surface area contributed by atoms with Crippen molar-refractivity contribution in [3.63, 3.8) is 0 Å². The third-order valence-electron chi connectivity index (χ3n) is 7.77. The lowest BCUT2D eigenvalue weighted by molar-refractivity contribution is -0.245. The van der Waals surface area contributed by atoms with Gasteiger partial charge in [-0.15, -0.1) is 5.10 Å². The second-order valence-corrected chi connectivity index (χ2v) is 11.6. The monoisotopic (exact) mass is 621 g/mol. The van der Waals surface area contributed by atoms with Crippen molar-refractivity contribution in [2.45, 2.75) is 36.7 Å². The molecule has 4 aromatic carbocycles. The normalized spacial score (nSPS) is 19.6. The topological polar surface area (TPSA) is 140 Å². The molecule has 0 unspecified atom stereocenters. The van der Waals surface area contributed by atoms with Crippen LogP contribution in [0.3, 0.4) is 0 Å². The van der Waals surface area contributed by atoms with Crippen LogP contribution in [0.1, 0.15) is 56.2 Å². The zero-order valence-electron chi connectivity index (χ0n) is 23.8. The van der Waals surface area contributed by atoms with Gasteiger partial charge in [0.25, 0.3) is 11.8 Å². The maximum absolute atomic E-state index is 13.0. The first-order valence-corrected chi connectivity index (χ1v) is 15.3. The second kappa shape index (κ2) is 12.3. The van der Waals surface area contributed by atoms with Crippen molar-refractivity contribution >= 4 is 29.3 Å². The van der Waals surface area contributed by atoms with E-state index < -0.39 is 6.29 Å². The molecular weight excluding hydrogens is 594 g/mol. The molecule has 45 heavy (non-hydrogen) atoms. The molecule has 0 aliphatic carbocycles. The number of amides is 2. The zero-order valence-corrected chi connectivity index (χ0v) is 24.6. The van der Waals surface area contributed by atoms with E-state index in [1.165, 1.54) is 16.7 Å². The Morgan fingerprint density at radius 1 is 0.800 bits per heavy atom. The number of hydrogen-bond donors (Lipinski definition) is 2. The maximum atomic E-state index is 13.0. The summed E-state index contributed by atoms with van der Waals surface area (Å²) < 4.78 is 14.5. The van der Waals surface area contributed by atoms with Gasteiger partial charge in [0.15, 0.2) is 6.29 Å². The molecule has 0 radical (unpaired) electrons. The number of thioether (sulfide) groups is 1. The summed E-state index contributed by atoms with van der Waals surface area (Å²) in [6.45, 7) is -0.0496. The van der Waals surface area contributed by atoms with Crippen LogP contribution in [-0.2, 0) is 16.1 Å². The van der Waals surface area contributed by atoms with E-state index in [0.717, 1.165) is 16.7 Å². The Kier molecular flexibility index (Phi) is 7.86. The van der Waals surface area contributed by atoms with Crippen molar-refractivity contribution in [1.29, 1.82) is 0 Å². The number of fused-ring (bicyclic) bond motifs is 1. The number of ether oxygens (including phenoxy) is 2. The van der Waals surface area contributed by atoms with Crippen LogP contribution in [-0.4, -0.2) is 54.1 Å². The van der Waals surface area contributed by atoms with E-state index in [-0.39, 0.29) is 36.4 Å². The third kappa shape index (κ3) is 5.71. The molecule has 1 saturated heterocycles. The highest BCUT2D eigenvalue weighted by Crippen LogP contribution is 2.40. The molecule has 1 fully saturated rings. The average Bonchev–Trinajstić information content (AvgIpc) is 3.66. The van der Waals surface area contributed by atoms with E-state index in [4.69, 9.17) is 9.47 Å². The highest BCUT2D eigenvalue weighted by atomic mass is 32.2. The Bertz CT molecular complexity index is 1810. The molecule has 2 N–H and O–H groups in total. The molecule has 2 aliphatic rings. The number of imide groups is 1. The summed E-state index contributed by atoms with van der Waals surface area (Å²) in [6.07, 6.45) is -0.713. The molecular formula is C33H27N5O6S. The van der Waals surface area contributed by atoms with Crippen molar-refractivity contribution in [3.05, 3.63) is 125 Å². The Morgan fingerprint density at radius 3 is 2.11 bits per heavy atom. The van der Waals surface area contributed by atoms with Crippen LogP contribution in [0.2, 0.25) is 0 Å². The number of nitrogens with zero attached hydrogens (tertiary/aromatic N) is 5. The number of benzene rings is 4. The zero-order chi connectivity index (χ0) is 30.9. The number of carbonyl (C=O) groups excluding carboxylic acids is 2. The van der Waals surface area contributed by atoms with E-state index in [1.54, 1.807) is 77.5 Å². The standard InChI is InChI=1S/C33H27N5O6S/c39-18-20-5-7-21(8-6-20)29-17-26(19-45-33-34-35-36-38(33)24-13-15-25(40)16-14-24)43-32(44-29)22-9-11-23(12-10-22)37-30(41)27-3-1-2-4-28(27)31(37)42/h1-16,26,29,32,39-40H,17-19H2/t26-,29+,32+/m0/s1. The van der Waals surface area contributed by atoms with E-state index in [9.17, 15) is 19.8 Å². The predicted molar refractivity (Wildman–Crippen MR) is 164 cm³/mol. The quantitative estimate of drug-likeness (QED) is 0.180. The van der Waals surface area contributed by atoms with E-state index in [0.29, 0.717) is 39.8 Å². The van der Waals surface area contributed by atoms with E-state index in [1.807, 2.05) is 24.3 Å². The molecule has 0 spiro atoms. The molecule has 2 amide bonds. The first-order valence-electron chi connectivity index (χ1n) is 14.3. The third-order valence-corrected chi connectivity index (χ3v) is 8.82. The minimum atomic E-state index is -0.726. The van der Waals surface area contributed by atoms with Gasteiger partial charge in [-0.2, -0.15) is 4.68 Å². The lowest BCUT2D eigenvalue weighted by Crippen LogP contribution is -2.31. The van der Waals surface area contributed by atoms with Gasteiger partial charge in [-0.3, -0.25) is 9.59 Å². The number of rotatable bonds is 8. The number of aliphatic hydroxyl groups excluding tert-OH is 1. The van der Waals surface area contributed by atoms with E-state index in [2.05, 4.69) is 15.5 Å². The number of phenolic OH excluding ortho intramolecular Hbond substituents is 1. The molecule has 226 valence electrons. The fraction of sp³-hybridized carbons (Fsp3) is 0.182. The molecule has 12 heteroatoms. The van der Waals surface area contributed by atoms with Gasteiger partial charge in [-0.25, -0.2) is 4.90 Å². The summed E-state index contributed by atoms with van der Waals surface area (Å²) in [7, 11) is 0. The Morgan fingerprint density at radius 2 is 1.44 bits per heavy atom. The number of anilines is 1. The summed E-state index contributed by atoms with van der Waals surface area (Å²) in [5.74, 6) is -0.0350. The van der Waals surface area contributed by atoms with Crippen LogP contribution in [0.5, 0.6) is 5.75 Å². The minimum absolute atomic E-state index is 0.0496. The highest BCUT2D eigenvalue weighted by molar-refractivity contribution is 7.99. The first-order chi connectivity index (χ1) is 22.0. The highest BCUT2D eigenvalue weighted by Gasteiger charge is 2.37. The van der Waals surface area contributed by atoms with Gasteiger partial charge in [0.1, 0.15) is 5.75 Å². The van der Waals surface area contributed by atoms with Gasteiger partial charge in [0.05, 0.1) is 41.3 Å². The van der Waals surface area contributed by atoms with Crippen molar-refractivity contribution < 1.29 is 29.3 Å². The minimum Gasteiger partial charge on any atom is -0.508 e. The molecule has 1 aromatic heterocycles. The fourth-order valence-electron chi connectivity index (χ4n) is 5.42. The van der Waals surface area contributed by atoms with Gasteiger partial charge < -0.3 is 19.7 Å². The summed E-state index contributed by atoms with van der Waals surface area (Å²) >= 11 is 1.44. The molecule has 0 bridgehead atoms. The number of carbonyl (C=O) groups is 2. The maximum Gasteiger partial charge on any atom is 0.266 e. The van der Waals surface area contributed by atoms with Crippen LogP contribution >= 0.6 is 11.8 Å². The summed E-state index contributed by atoms with van der Waals surface area (Å²) in [5, 5.41) is 31.8. The van der Waals surface area contributed by atoms with Crippen LogP contribution in [0.15, 0.2) is 102 Å². The summed E-state index contributed by atoms with van der Waals surface area (Å²) in [6, 6.07) is 28.1. The van der Waals surface area contributed by atoms with Crippen LogP contribution in [0.4, 0.5) is 5.69 Å². The van der Waals surface area contributed by atoms with Gasteiger partial charge >= 0.3 is 0 Å². The first kappa shape index (κ1) is 28.9. The van der Waals surface area contributed by atoms with Crippen LogP contribution < -0.4 is 4.90 Å². The SMILES string of the molecule is O=C1c2ccccc2C(=O)N1c1ccc([C@@H]2O[C@H](CSc3nnnn3-c3ccc(O)cc3)C[C@H](c3ccc(CO)cc3)O2)cc1. The number of phenols is 1. The lowest BCUT2D eigenvalue weighted by Gasteiger charge is -2.36. The second-order valence-electron chi connectivity index (χ2n) is 10.6. The van der Waals surface area contributed by atoms with Gasteiger partial charge in [0.2, 0.25) is 5.16 Å². The molecule has 7 rings (SSSR count). The van der Waals surface area contributed by atoms with Crippen LogP contribution in [0.25, 0.3) is 5.69 Å². The molecule has 3 atom stereocenters. The molecule has 3 heterocycles. The molecule has 11 nitrogen and oxygen atoms in total. The average molecular weight is 622 g/mol. The predicted octanol–water partition coefficient (Wildman–Crippen LogP) is 5.00. The largest absolute Gasteiger partial charge is 0.508 e. The van der Waals surface area contributed by atoms with Crippen molar-refractivity contribution in [1.82, 2.24) is 20.2 Å². The fourth-order valence-corrected chi connectivity index (χ4v) is 6.33. The molecule has 2 aliphatic heterocycles. The number of aromatic hydroxyl groups is 1. The van der Waals surface area contributed by atoms with Gasteiger partial charge in [0, 0.05) is 17.7 Å². The van der Waals surface area contributed by atoms with Gasteiger partial charge in [-0.1, -0.05) is 60.3 Å². The number of aromatic nitrogens is 4. The van der Waals surface area contributed by atoms with Crippen molar-refractivity contribution in [3.8, 4) is 11.4 Å². The lowest BCUT2D eigenvalue weighted by atomic mass is 10.0. The number of aliphatic hydroxyl groups is 1. The Balaban J connectivity index is 1.12.